The van der Waals surface area contributed by atoms with Gasteiger partial charge in [-0.05, 0) is 36.6 Å². The summed E-state index contributed by atoms with van der Waals surface area (Å²) < 4.78 is 0. The van der Waals surface area contributed by atoms with Crippen LogP contribution in [0.25, 0.3) is 0 Å². The van der Waals surface area contributed by atoms with E-state index in [1.54, 1.807) is 0 Å². The molecule has 0 aromatic heterocycles. The zero-order valence-corrected chi connectivity index (χ0v) is 11.6. The van der Waals surface area contributed by atoms with E-state index in [2.05, 4.69) is 6.92 Å². The van der Waals surface area contributed by atoms with Crippen molar-refractivity contribution in [3.8, 4) is 0 Å². The molecule has 0 radical (unpaired) electrons. The van der Waals surface area contributed by atoms with Crippen molar-refractivity contribution in [2.24, 2.45) is 0 Å². The Balaban J connectivity index is 2.41. The minimum atomic E-state index is -0.365. The van der Waals surface area contributed by atoms with Crippen molar-refractivity contribution >= 4 is 11.6 Å². The van der Waals surface area contributed by atoms with E-state index >= 15 is 0 Å². The molecule has 0 fully saturated rings. The molecule has 0 aliphatic heterocycles. The predicted octanol–water partition coefficient (Wildman–Crippen LogP) is 5.04. The standard InChI is InChI=1S/C15H23ClO/c1-3-4-5-6-7-8-15(17)14-11-13(16)10-9-12(14)2/h9-11,15,17H,3-8H2,1-2H3. The first kappa shape index (κ1) is 14.5. The van der Waals surface area contributed by atoms with Crippen LogP contribution >= 0.6 is 11.6 Å². The fourth-order valence-electron chi connectivity index (χ4n) is 2.07. The van der Waals surface area contributed by atoms with Crippen molar-refractivity contribution in [2.45, 2.75) is 58.5 Å². The molecular weight excluding hydrogens is 232 g/mol. The van der Waals surface area contributed by atoms with Crippen LogP contribution in [0.1, 0.15) is 62.7 Å². The molecule has 96 valence electrons. The topological polar surface area (TPSA) is 20.2 Å². The van der Waals surface area contributed by atoms with Crippen LogP contribution in [0.5, 0.6) is 0 Å². The van der Waals surface area contributed by atoms with E-state index in [1.165, 1.54) is 25.7 Å². The lowest BCUT2D eigenvalue weighted by atomic mass is 9.98. The molecule has 1 nitrogen and oxygen atoms in total. The van der Waals surface area contributed by atoms with Crippen LogP contribution < -0.4 is 0 Å². The quantitative estimate of drug-likeness (QED) is 0.676. The average molecular weight is 255 g/mol. The molecule has 1 aromatic carbocycles. The second kappa shape index (κ2) is 7.73. The van der Waals surface area contributed by atoms with Gasteiger partial charge in [0.2, 0.25) is 0 Å². The molecule has 17 heavy (non-hydrogen) atoms. The van der Waals surface area contributed by atoms with Crippen molar-refractivity contribution < 1.29 is 5.11 Å². The monoisotopic (exact) mass is 254 g/mol. The van der Waals surface area contributed by atoms with Crippen LogP contribution in [0.3, 0.4) is 0 Å². The van der Waals surface area contributed by atoms with Crippen LogP contribution in [-0.2, 0) is 0 Å². The van der Waals surface area contributed by atoms with Gasteiger partial charge in [0.15, 0.2) is 0 Å². The maximum atomic E-state index is 10.1. The Morgan fingerprint density at radius 3 is 2.59 bits per heavy atom. The Kier molecular flexibility index (Phi) is 6.61. The van der Waals surface area contributed by atoms with Crippen LogP contribution in [0.15, 0.2) is 18.2 Å². The molecule has 1 N–H and O–H groups in total. The normalized spacial score (nSPS) is 12.7. The van der Waals surface area contributed by atoms with Gasteiger partial charge in [-0.15, -0.1) is 0 Å². The second-order valence-electron chi connectivity index (χ2n) is 4.72. The minimum Gasteiger partial charge on any atom is -0.388 e. The highest BCUT2D eigenvalue weighted by atomic mass is 35.5. The third-order valence-corrected chi connectivity index (χ3v) is 3.42. The van der Waals surface area contributed by atoms with Gasteiger partial charge in [0.25, 0.3) is 0 Å². The summed E-state index contributed by atoms with van der Waals surface area (Å²) in [6, 6.07) is 5.72. The molecule has 1 aromatic rings. The fraction of sp³-hybridized carbons (Fsp3) is 0.600. The molecule has 0 heterocycles. The van der Waals surface area contributed by atoms with E-state index in [9.17, 15) is 5.11 Å². The van der Waals surface area contributed by atoms with Crippen molar-refractivity contribution in [3.63, 3.8) is 0 Å². The first-order valence-electron chi connectivity index (χ1n) is 6.59. The van der Waals surface area contributed by atoms with Gasteiger partial charge in [-0.3, -0.25) is 0 Å². The molecule has 1 unspecified atom stereocenters. The van der Waals surface area contributed by atoms with Gasteiger partial charge in [-0.1, -0.05) is 56.7 Å². The Hall–Kier alpha value is -0.530. The highest BCUT2D eigenvalue weighted by Gasteiger charge is 2.10. The lowest BCUT2D eigenvalue weighted by Crippen LogP contribution is -2.00. The van der Waals surface area contributed by atoms with E-state index in [0.717, 1.165) is 24.0 Å². The summed E-state index contributed by atoms with van der Waals surface area (Å²) in [5, 5.41) is 10.8. The number of benzene rings is 1. The number of rotatable bonds is 7. The summed E-state index contributed by atoms with van der Waals surface area (Å²) in [5.41, 5.74) is 2.10. The SMILES string of the molecule is CCCCCCCC(O)c1cc(Cl)ccc1C. The number of halogens is 1. The van der Waals surface area contributed by atoms with Gasteiger partial charge in [-0.2, -0.15) is 0 Å². The summed E-state index contributed by atoms with van der Waals surface area (Å²) in [7, 11) is 0. The van der Waals surface area contributed by atoms with Crippen LogP contribution in [0.2, 0.25) is 5.02 Å². The van der Waals surface area contributed by atoms with E-state index in [-0.39, 0.29) is 6.10 Å². The number of aliphatic hydroxyl groups is 1. The maximum Gasteiger partial charge on any atom is 0.0793 e. The molecule has 0 aliphatic rings. The van der Waals surface area contributed by atoms with Crippen LogP contribution in [0.4, 0.5) is 0 Å². The zero-order chi connectivity index (χ0) is 12.7. The van der Waals surface area contributed by atoms with E-state index in [0.29, 0.717) is 5.02 Å². The first-order valence-corrected chi connectivity index (χ1v) is 6.97. The van der Waals surface area contributed by atoms with E-state index in [1.807, 2.05) is 25.1 Å². The third-order valence-electron chi connectivity index (χ3n) is 3.18. The number of hydrogen-bond donors (Lipinski definition) is 1. The van der Waals surface area contributed by atoms with Crippen LogP contribution in [0, 0.1) is 6.92 Å². The Labute approximate surface area is 110 Å². The number of aryl methyl sites for hydroxylation is 1. The summed E-state index contributed by atoms with van der Waals surface area (Å²) in [6.07, 6.45) is 6.61. The molecule has 0 saturated carbocycles. The average Bonchev–Trinajstić information content (AvgIpc) is 2.32. The molecule has 0 bridgehead atoms. The first-order chi connectivity index (χ1) is 8.15. The van der Waals surface area contributed by atoms with Crippen molar-refractivity contribution in [2.75, 3.05) is 0 Å². The summed E-state index contributed by atoms with van der Waals surface area (Å²) in [6.45, 7) is 4.23. The Morgan fingerprint density at radius 2 is 1.88 bits per heavy atom. The van der Waals surface area contributed by atoms with Gasteiger partial charge >= 0.3 is 0 Å². The van der Waals surface area contributed by atoms with Crippen molar-refractivity contribution in [3.05, 3.63) is 34.3 Å². The van der Waals surface area contributed by atoms with E-state index < -0.39 is 0 Å². The van der Waals surface area contributed by atoms with Crippen LogP contribution in [-0.4, -0.2) is 5.11 Å². The second-order valence-corrected chi connectivity index (χ2v) is 5.16. The van der Waals surface area contributed by atoms with Gasteiger partial charge in [0.05, 0.1) is 6.10 Å². The third kappa shape index (κ3) is 5.10. The van der Waals surface area contributed by atoms with Gasteiger partial charge in [-0.25, -0.2) is 0 Å². The summed E-state index contributed by atoms with van der Waals surface area (Å²) >= 11 is 5.95. The van der Waals surface area contributed by atoms with E-state index in [4.69, 9.17) is 11.6 Å². The molecule has 1 rings (SSSR count). The smallest absolute Gasteiger partial charge is 0.0793 e. The Morgan fingerprint density at radius 1 is 1.18 bits per heavy atom. The lowest BCUT2D eigenvalue weighted by Gasteiger charge is -2.14. The largest absolute Gasteiger partial charge is 0.388 e. The highest BCUT2D eigenvalue weighted by molar-refractivity contribution is 6.30. The molecule has 1 atom stereocenters. The highest BCUT2D eigenvalue weighted by Crippen LogP contribution is 2.25. The minimum absolute atomic E-state index is 0.365. The van der Waals surface area contributed by atoms with Gasteiger partial charge in [0, 0.05) is 5.02 Å². The van der Waals surface area contributed by atoms with Gasteiger partial charge in [0.1, 0.15) is 0 Å². The molecule has 0 amide bonds. The summed E-state index contributed by atoms with van der Waals surface area (Å²) in [5.74, 6) is 0. The Bertz CT molecular complexity index is 336. The molecular formula is C15H23ClO. The lowest BCUT2D eigenvalue weighted by molar-refractivity contribution is 0.162. The summed E-state index contributed by atoms with van der Waals surface area (Å²) in [4.78, 5) is 0. The fourth-order valence-corrected chi connectivity index (χ4v) is 2.25. The number of hydrogen-bond acceptors (Lipinski definition) is 1. The molecule has 0 saturated heterocycles. The predicted molar refractivity (Wildman–Crippen MR) is 74.5 cm³/mol. The van der Waals surface area contributed by atoms with Crippen molar-refractivity contribution in [1.29, 1.82) is 0 Å². The van der Waals surface area contributed by atoms with Gasteiger partial charge < -0.3 is 5.11 Å². The molecule has 0 spiro atoms. The zero-order valence-electron chi connectivity index (χ0n) is 10.9. The number of aliphatic hydroxyl groups excluding tert-OH is 1. The number of unbranched alkanes of at least 4 members (excludes halogenated alkanes) is 4. The molecule has 2 heteroatoms. The molecule has 0 aliphatic carbocycles. The van der Waals surface area contributed by atoms with Crippen molar-refractivity contribution in [1.82, 2.24) is 0 Å². The maximum absolute atomic E-state index is 10.1.